The lowest BCUT2D eigenvalue weighted by molar-refractivity contribution is -0.122. The molecule has 1 amide bonds. The Labute approximate surface area is 190 Å². The van der Waals surface area contributed by atoms with Crippen LogP contribution in [0.1, 0.15) is 31.7 Å². The number of benzene rings is 2. The molecule has 3 rings (SSSR count). The minimum absolute atomic E-state index is 0.0177. The molecule has 1 heterocycles. The second kappa shape index (κ2) is 10.7. The quantitative estimate of drug-likeness (QED) is 0.597. The highest BCUT2D eigenvalue weighted by Crippen LogP contribution is 2.29. The van der Waals surface area contributed by atoms with Gasteiger partial charge in [-0.3, -0.25) is 4.79 Å². The number of hydrogen-bond donors (Lipinski definition) is 2. The molecule has 1 aliphatic heterocycles. The Morgan fingerprint density at radius 1 is 1.12 bits per heavy atom. The van der Waals surface area contributed by atoms with Crippen LogP contribution in [0.25, 0.3) is 11.1 Å². The summed E-state index contributed by atoms with van der Waals surface area (Å²) in [5, 5.41) is 14.6. The molecule has 8 heteroatoms. The molecule has 0 spiro atoms. The fraction of sp³-hybridized carbons (Fsp3) is 0.417. The van der Waals surface area contributed by atoms with E-state index in [0.717, 1.165) is 16.7 Å². The van der Waals surface area contributed by atoms with Gasteiger partial charge in [-0.05, 0) is 41.2 Å². The fourth-order valence-corrected chi connectivity index (χ4v) is 5.35. The molecule has 1 aliphatic rings. The van der Waals surface area contributed by atoms with E-state index in [9.17, 15) is 13.2 Å². The molecule has 32 heavy (non-hydrogen) atoms. The summed E-state index contributed by atoms with van der Waals surface area (Å²) < 4.78 is 27.3. The number of nitrogens with one attached hydrogen (secondary N) is 2. The third-order valence-corrected chi connectivity index (χ3v) is 7.47. The van der Waals surface area contributed by atoms with Crippen molar-refractivity contribution >= 4 is 15.9 Å². The van der Waals surface area contributed by atoms with Gasteiger partial charge in [0.05, 0.1) is 16.9 Å². The maximum atomic E-state index is 12.9. The molecule has 2 aromatic carbocycles. The Balaban J connectivity index is 1.85. The number of sulfonamides is 1. The summed E-state index contributed by atoms with van der Waals surface area (Å²) in [7, 11) is -3.50. The number of carbonyl (C=O) groups is 1. The molecule has 1 atom stereocenters. The van der Waals surface area contributed by atoms with Crippen LogP contribution < -0.4 is 10.6 Å². The Morgan fingerprint density at radius 3 is 2.44 bits per heavy atom. The number of carbonyl (C=O) groups excluding carboxylic acids is 1. The smallest absolute Gasteiger partial charge is 0.243 e. The average Bonchev–Trinajstić information content (AvgIpc) is 2.81. The van der Waals surface area contributed by atoms with Gasteiger partial charge in [-0.1, -0.05) is 50.2 Å². The Kier molecular flexibility index (Phi) is 8.02. The summed E-state index contributed by atoms with van der Waals surface area (Å²) in [4.78, 5) is 12.9. The molecular formula is C24H30N4O3S. The van der Waals surface area contributed by atoms with Crippen molar-refractivity contribution in [1.82, 2.24) is 14.9 Å². The predicted octanol–water partition coefficient (Wildman–Crippen LogP) is 2.72. The van der Waals surface area contributed by atoms with E-state index < -0.39 is 10.0 Å². The first kappa shape index (κ1) is 23.9. The molecule has 0 aromatic heterocycles. The molecule has 1 saturated heterocycles. The lowest BCUT2D eigenvalue weighted by Gasteiger charge is -2.26. The van der Waals surface area contributed by atoms with E-state index in [2.05, 4.69) is 24.5 Å². The maximum Gasteiger partial charge on any atom is 0.243 e. The van der Waals surface area contributed by atoms with E-state index in [-0.39, 0.29) is 23.3 Å². The number of nitrogens with zero attached hydrogens (tertiary/aromatic N) is 2. The van der Waals surface area contributed by atoms with Gasteiger partial charge in [-0.15, -0.1) is 0 Å². The molecule has 0 aliphatic carbocycles. The number of nitriles is 1. The molecule has 1 fully saturated rings. The SMILES string of the molecule is CC(C)CC(C(=O)NCC#N)c1cccc(-c2ccc(S(=O)(=O)N3CCNCC3)cc2)c1. The summed E-state index contributed by atoms with van der Waals surface area (Å²) in [6.45, 7) is 6.36. The Bertz CT molecular complexity index is 1070. The van der Waals surface area contributed by atoms with E-state index in [1.54, 1.807) is 24.3 Å². The highest BCUT2D eigenvalue weighted by molar-refractivity contribution is 7.89. The number of hydrogen-bond acceptors (Lipinski definition) is 5. The average molecular weight is 455 g/mol. The van der Waals surface area contributed by atoms with Crippen molar-refractivity contribution in [2.24, 2.45) is 5.92 Å². The maximum absolute atomic E-state index is 12.9. The van der Waals surface area contributed by atoms with E-state index >= 15 is 0 Å². The summed E-state index contributed by atoms with van der Waals surface area (Å²) >= 11 is 0. The predicted molar refractivity (Wildman–Crippen MR) is 124 cm³/mol. The zero-order chi connectivity index (χ0) is 23.1. The van der Waals surface area contributed by atoms with Gasteiger partial charge in [0, 0.05) is 26.2 Å². The van der Waals surface area contributed by atoms with Gasteiger partial charge in [0.1, 0.15) is 6.54 Å². The van der Waals surface area contributed by atoms with Gasteiger partial charge in [-0.25, -0.2) is 8.42 Å². The van der Waals surface area contributed by atoms with Crippen LogP contribution in [-0.4, -0.2) is 51.4 Å². The Hall–Kier alpha value is -2.73. The van der Waals surface area contributed by atoms with Crippen LogP contribution in [0.15, 0.2) is 53.4 Å². The number of amides is 1. The third kappa shape index (κ3) is 5.74. The Morgan fingerprint density at radius 2 is 1.81 bits per heavy atom. The molecule has 0 radical (unpaired) electrons. The molecule has 2 aromatic rings. The van der Waals surface area contributed by atoms with Crippen molar-refractivity contribution < 1.29 is 13.2 Å². The minimum atomic E-state index is -3.50. The highest BCUT2D eigenvalue weighted by atomic mass is 32.2. The zero-order valence-corrected chi connectivity index (χ0v) is 19.4. The van der Waals surface area contributed by atoms with Crippen molar-refractivity contribution in [1.29, 1.82) is 5.26 Å². The van der Waals surface area contributed by atoms with E-state index in [4.69, 9.17) is 5.26 Å². The molecule has 0 bridgehead atoms. The van der Waals surface area contributed by atoms with Gasteiger partial charge in [0.15, 0.2) is 0 Å². The minimum Gasteiger partial charge on any atom is -0.342 e. The normalized spacial score (nSPS) is 15.8. The molecule has 2 N–H and O–H groups in total. The van der Waals surface area contributed by atoms with Crippen molar-refractivity contribution in [2.45, 2.75) is 31.1 Å². The molecule has 0 saturated carbocycles. The zero-order valence-electron chi connectivity index (χ0n) is 18.5. The van der Waals surface area contributed by atoms with Crippen LogP contribution in [0, 0.1) is 17.2 Å². The van der Waals surface area contributed by atoms with Crippen LogP contribution in [0.3, 0.4) is 0 Å². The van der Waals surface area contributed by atoms with E-state index in [1.807, 2.05) is 30.3 Å². The third-order valence-electron chi connectivity index (χ3n) is 5.56. The molecule has 170 valence electrons. The fourth-order valence-electron chi connectivity index (χ4n) is 3.90. The van der Waals surface area contributed by atoms with Crippen molar-refractivity contribution in [3.8, 4) is 17.2 Å². The molecule has 1 unspecified atom stereocenters. The molecule has 7 nitrogen and oxygen atoms in total. The largest absolute Gasteiger partial charge is 0.342 e. The number of rotatable bonds is 8. The topological polar surface area (TPSA) is 102 Å². The second-order valence-corrected chi connectivity index (χ2v) is 10.3. The summed E-state index contributed by atoms with van der Waals surface area (Å²) in [6.07, 6.45) is 0.669. The first-order valence-electron chi connectivity index (χ1n) is 10.9. The lowest BCUT2D eigenvalue weighted by atomic mass is 9.88. The van der Waals surface area contributed by atoms with Crippen molar-refractivity contribution in [2.75, 3.05) is 32.7 Å². The molecular weight excluding hydrogens is 424 g/mol. The first-order valence-corrected chi connectivity index (χ1v) is 12.3. The van der Waals surface area contributed by atoms with Gasteiger partial charge in [-0.2, -0.15) is 9.57 Å². The summed E-state index contributed by atoms with van der Waals surface area (Å²) in [6, 6.07) is 16.6. The van der Waals surface area contributed by atoms with Crippen LogP contribution in [0.2, 0.25) is 0 Å². The number of piperazine rings is 1. The highest BCUT2D eigenvalue weighted by Gasteiger charge is 2.26. The van der Waals surface area contributed by atoms with Crippen LogP contribution >= 0.6 is 0 Å². The van der Waals surface area contributed by atoms with Gasteiger partial charge in [0.25, 0.3) is 0 Å². The van der Waals surface area contributed by atoms with Gasteiger partial charge in [0.2, 0.25) is 15.9 Å². The monoisotopic (exact) mass is 454 g/mol. The van der Waals surface area contributed by atoms with E-state index in [0.29, 0.717) is 38.5 Å². The lowest BCUT2D eigenvalue weighted by Crippen LogP contribution is -2.46. The summed E-state index contributed by atoms with van der Waals surface area (Å²) in [5.41, 5.74) is 2.67. The van der Waals surface area contributed by atoms with Crippen molar-refractivity contribution in [3.63, 3.8) is 0 Å². The first-order chi connectivity index (χ1) is 15.3. The van der Waals surface area contributed by atoms with Gasteiger partial charge < -0.3 is 10.6 Å². The second-order valence-electron chi connectivity index (χ2n) is 8.36. The summed E-state index contributed by atoms with van der Waals surface area (Å²) in [5.74, 6) is -0.198. The van der Waals surface area contributed by atoms with Gasteiger partial charge >= 0.3 is 0 Å². The van der Waals surface area contributed by atoms with Crippen LogP contribution in [0.4, 0.5) is 0 Å². The van der Waals surface area contributed by atoms with E-state index in [1.165, 1.54) is 4.31 Å². The van der Waals surface area contributed by atoms with Crippen LogP contribution in [-0.2, 0) is 14.8 Å². The standard InChI is InChI=1S/C24H30N4O3S/c1-18(2)16-23(24(29)27-11-10-25)21-5-3-4-20(17-21)19-6-8-22(9-7-19)32(30,31)28-14-12-26-13-15-28/h3-9,17-18,23,26H,11-16H2,1-2H3,(H,27,29). The van der Waals surface area contributed by atoms with Crippen molar-refractivity contribution in [3.05, 3.63) is 54.1 Å². The van der Waals surface area contributed by atoms with Crippen LogP contribution in [0.5, 0.6) is 0 Å².